The second kappa shape index (κ2) is 28.8. The van der Waals surface area contributed by atoms with Crippen LogP contribution in [0.4, 0.5) is 10.5 Å². The fourth-order valence-electron chi connectivity index (χ4n) is 6.17. The molecular weight excluding hydrogens is 787 g/mol. The van der Waals surface area contributed by atoms with Crippen molar-refractivity contribution in [2.45, 2.75) is 83.8 Å². The predicted octanol–water partition coefficient (Wildman–Crippen LogP) is 2.02. The molecule has 0 saturated heterocycles. The first-order valence-corrected chi connectivity index (χ1v) is 21.0. The Hall–Kier alpha value is -5.54. The lowest BCUT2D eigenvalue weighted by atomic mass is 10.0. The van der Waals surface area contributed by atoms with Gasteiger partial charge in [0.15, 0.2) is 0 Å². The van der Waals surface area contributed by atoms with Crippen molar-refractivity contribution in [3.05, 3.63) is 65.2 Å². The number of amides is 7. The van der Waals surface area contributed by atoms with Gasteiger partial charge in [-0.25, -0.2) is 4.79 Å². The van der Waals surface area contributed by atoms with Crippen LogP contribution in [0, 0.1) is 17.8 Å². The van der Waals surface area contributed by atoms with Crippen LogP contribution in [0.2, 0.25) is 0 Å². The maximum Gasteiger partial charge on any atom is 0.312 e. The minimum atomic E-state index is -0.968. The van der Waals surface area contributed by atoms with Crippen molar-refractivity contribution in [3.8, 4) is 11.8 Å². The molecule has 2 aromatic rings. The van der Waals surface area contributed by atoms with Gasteiger partial charge in [0.25, 0.3) is 0 Å². The van der Waals surface area contributed by atoms with Crippen molar-refractivity contribution in [2.24, 2.45) is 17.4 Å². The van der Waals surface area contributed by atoms with Gasteiger partial charge in [0, 0.05) is 43.5 Å². The van der Waals surface area contributed by atoms with Gasteiger partial charge in [-0.1, -0.05) is 62.4 Å². The summed E-state index contributed by atoms with van der Waals surface area (Å²) in [6.07, 6.45) is 3.54. The van der Waals surface area contributed by atoms with Crippen LogP contribution in [0.15, 0.2) is 48.5 Å². The maximum absolute atomic E-state index is 13.3. The molecule has 8 N–H and O–H groups in total. The zero-order valence-corrected chi connectivity index (χ0v) is 35.5. The molecule has 17 heteroatoms. The summed E-state index contributed by atoms with van der Waals surface area (Å²) in [7, 11) is 0. The third-order valence-electron chi connectivity index (χ3n) is 9.52. The van der Waals surface area contributed by atoms with E-state index in [4.69, 9.17) is 30.4 Å². The largest absolute Gasteiger partial charge is 0.379 e. The minimum Gasteiger partial charge on any atom is -0.379 e. The summed E-state index contributed by atoms with van der Waals surface area (Å²) >= 11 is 0. The van der Waals surface area contributed by atoms with Gasteiger partial charge >= 0.3 is 6.03 Å². The third-order valence-corrected chi connectivity index (χ3v) is 9.52. The quantitative estimate of drug-likeness (QED) is 0.0494. The lowest BCUT2D eigenvalue weighted by Gasteiger charge is -2.26. The molecule has 0 radical (unpaired) electrons. The summed E-state index contributed by atoms with van der Waals surface area (Å²) in [5, 5.41) is 10.6. The number of ether oxygens (including phenoxy) is 4. The molecule has 0 aromatic heterocycles. The van der Waals surface area contributed by atoms with E-state index in [2.05, 4.69) is 33.1 Å². The SMILES string of the molecule is CC(C)[C@H](NC(=O)CCOCCOCCOCCOCCC(=O)NCCCCCC(=O)N1Cc2ccccc2C#Cc2ccccc21)C(=O)N[C@@H](CCCNC(N)=O)C(N)=O. The number of rotatable bonds is 30. The van der Waals surface area contributed by atoms with Gasteiger partial charge in [-0.2, -0.15) is 0 Å². The summed E-state index contributed by atoms with van der Waals surface area (Å²) < 4.78 is 21.9. The summed E-state index contributed by atoms with van der Waals surface area (Å²) in [6.45, 7) is 7.11. The van der Waals surface area contributed by atoms with E-state index in [0.29, 0.717) is 59.0 Å². The van der Waals surface area contributed by atoms with Crippen LogP contribution < -0.4 is 37.6 Å². The number of fused-ring (bicyclic) bond motifs is 2. The van der Waals surface area contributed by atoms with E-state index in [-0.39, 0.29) is 69.3 Å². The Morgan fingerprint density at radius 1 is 0.656 bits per heavy atom. The van der Waals surface area contributed by atoms with Gasteiger partial charge in [-0.3, -0.25) is 24.0 Å². The molecule has 0 spiro atoms. The van der Waals surface area contributed by atoms with E-state index in [1.807, 2.05) is 53.4 Å². The number of anilines is 1. The van der Waals surface area contributed by atoms with Gasteiger partial charge in [0.05, 0.1) is 65.1 Å². The number of hydrogen-bond acceptors (Lipinski definition) is 10. The Balaban J connectivity index is 1.13. The van der Waals surface area contributed by atoms with Crippen molar-refractivity contribution in [1.29, 1.82) is 0 Å². The van der Waals surface area contributed by atoms with Crippen LogP contribution in [0.3, 0.4) is 0 Å². The fraction of sp³-hybridized carbons (Fsp3) is 0.545. The van der Waals surface area contributed by atoms with Crippen LogP contribution >= 0.6 is 0 Å². The van der Waals surface area contributed by atoms with Crippen molar-refractivity contribution in [2.75, 3.05) is 70.8 Å². The van der Waals surface area contributed by atoms with E-state index < -0.39 is 29.9 Å². The van der Waals surface area contributed by atoms with E-state index in [1.165, 1.54) is 0 Å². The smallest absolute Gasteiger partial charge is 0.312 e. The maximum atomic E-state index is 13.3. The Kier molecular flexibility index (Phi) is 23.6. The Morgan fingerprint density at radius 3 is 1.87 bits per heavy atom. The molecule has 0 bridgehead atoms. The molecule has 1 heterocycles. The monoisotopic (exact) mass is 849 g/mol. The lowest BCUT2D eigenvalue weighted by molar-refractivity contribution is -0.132. The van der Waals surface area contributed by atoms with Crippen molar-refractivity contribution < 1.29 is 47.7 Å². The van der Waals surface area contributed by atoms with Crippen LogP contribution in [0.1, 0.15) is 81.9 Å². The molecule has 334 valence electrons. The Morgan fingerprint density at radius 2 is 1.23 bits per heavy atom. The lowest BCUT2D eigenvalue weighted by Crippen LogP contribution is -2.54. The van der Waals surface area contributed by atoms with Crippen molar-refractivity contribution in [3.63, 3.8) is 0 Å². The van der Waals surface area contributed by atoms with Crippen LogP contribution in [0.25, 0.3) is 0 Å². The molecule has 2 aromatic carbocycles. The van der Waals surface area contributed by atoms with Gasteiger partial charge in [-0.05, 0) is 55.4 Å². The standard InChI is InChI=1S/C44H63N7O10/c1-32(2)41(43(56)49-36(42(45)55)14-10-22-48-44(46)57)50-39(53)20-24-59-26-28-61-30-29-60-27-25-58-23-19-38(52)47-21-9-3-4-16-40(54)51-31-35-13-6-5-11-33(35)17-18-34-12-7-8-15-37(34)51/h5-8,11-13,15,32,36,41H,3-4,9-10,14,16,19-31H2,1-2H3,(H2,45,55)(H,47,52)(H,49,56)(H,50,53)(H3,46,48,57)/t36-,41-/m0/s1. The molecule has 0 fully saturated rings. The van der Waals surface area contributed by atoms with E-state index in [1.54, 1.807) is 13.8 Å². The molecule has 17 nitrogen and oxygen atoms in total. The normalized spacial score (nSPS) is 12.7. The first-order valence-electron chi connectivity index (χ1n) is 21.0. The minimum absolute atomic E-state index is 0.0197. The first kappa shape index (κ1) is 49.8. The first-order chi connectivity index (χ1) is 29.5. The number of urea groups is 1. The van der Waals surface area contributed by atoms with E-state index >= 15 is 0 Å². The number of primary amides is 2. The van der Waals surface area contributed by atoms with E-state index in [0.717, 1.165) is 41.6 Å². The van der Waals surface area contributed by atoms with Gasteiger partial charge in [0.2, 0.25) is 29.5 Å². The number of nitrogens with zero attached hydrogens (tertiary/aromatic N) is 1. The average Bonchev–Trinajstić information content (AvgIpc) is 3.22. The molecule has 7 amide bonds. The number of unbranched alkanes of at least 4 members (excludes halogenated alkanes) is 2. The highest BCUT2D eigenvalue weighted by atomic mass is 16.6. The molecule has 1 aliphatic heterocycles. The van der Waals surface area contributed by atoms with E-state index in [9.17, 15) is 28.8 Å². The number of hydrogen-bond donors (Lipinski definition) is 6. The summed E-state index contributed by atoms with van der Waals surface area (Å²) in [6, 6.07) is 13.1. The second-order valence-electron chi connectivity index (χ2n) is 14.7. The number of nitrogens with one attached hydrogen (secondary N) is 4. The molecule has 0 saturated carbocycles. The number of carbonyl (C=O) groups is 6. The fourth-order valence-corrected chi connectivity index (χ4v) is 6.17. The highest BCUT2D eigenvalue weighted by Gasteiger charge is 2.28. The molecule has 0 aliphatic carbocycles. The number of benzene rings is 2. The average molecular weight is 850 g/mol. The van der Waals surface area contributed by atoms with Crippen molar-refractivity contribution in [1.82, 2.24) is 21.3 Å². The summed E-state index contributed by atoms with van der Waals surface area (Å²) in [4.78, 5) is 75.3. The topological polar surface area (TPSA) is 243 Å². The zero-order valence-electron chi connectivity index (χ0n) is 35.5. The van der Waals surface area contributed by atoms with Crippen LogP contribution in [-0.2, 0) is 49.5 Å². The summed E-state index contributed by atoms with van der Waals surface area (Å²) in [5.74, 6) is 4.51. The number of carbonyl (C=O) groups excluding carboxylic acids is 6. The molecule has 0 unspecified atom stereocenters. The highest BCUT2D eigenvalue weighted by molar-refractivity contribution is 5.95. The molecule has 2 atom stereocenters. The zero-order chi connectivity index (χ0) is 44.2. The van der Waals surface area contributed by atoms with Gasteiger partial charge < -0.3 is 56.6 Å². The van der Waals surface area contributed by atoms with Crippen molar-refractivity contribution >= 4 is 41.3 Å². The Labute approximate surface area is 358 Å². The molecular formula is C44H63N7O10. The Bertz CT molecular complexity index is 1780. The molecule has 3 rings (SSSR count). The highest BCUT2D eigenvalue weighted by Crippen LogP contribution is 2.26. The van der Waals surface area contributed by atoms with Crippen LogP contribution in [0.5, 0.6) is 0 Å². The number of para-hydroxylation sites is 1. The summed E-state index contributed by atoms with van der Waals surface area (Å²) in [5.41, 5.74) is 14.1. The van der Waals surface area contributed by atoms with Gasteiger partial charge in [0.1, 0.15) is 12.1 Å². The molecule has 1 aliphatic rings. The molecule has 61 heavy (non-hydrogen) atoms. The number of nitrogens with two attached hydrogens (primary N) is 2. The van der Waals surface area contributed by atoms with Crippen LogP contribution in [-0.4, -0.2) is 114 Å². The van der Waals surface area contributed by atoms with Gasteiger partial charge in [-0.15, -0.1) is 0 Å². The predicted molar refractivity (Wildman–Crippen MR) is 229 cm³/mol. The second-order valence-corrected chi connectivity index (χ2v) is 14.7. The third kappa shape index (κ3) is 20.0.